The van der Waals surface area contributed by atoms with Gasteiger partial charge in [0, 0.05) is 17.1 Å². The maximum Gasteiger partial charge on any atom is 0.307 e. The Morgan fingerprint density at radius 3 is 2.68 bits per heavy atom. The molecule has 0 spiro atoms. The molecule has 1 rings (SSSR count). The number of ether oxygens (including phenoxy) is 1. The van der Waals surface area contributed by atoms with Gasteiger partial charge >= 0.3 is 5.97 Å². The van der Waals surface area contributed by atoms with Crippen LogP contribution in [0.5, 0.6) is 0 Å². The summed E-state index contributed by atoms with van der Waals surface area (Å²) in [6, 6.07) is 5.98. The van der Waals surface area contributed by atoms with Crippen molar-refractivity contribution in [2.24, 2.45) is 0 Å². The Kier molecular flexibility index (Phi) is 5.83. The number of hydrogen-bond acceptors (Lipinski definition) is 3. The molecule has 0 amide bonds. The van der Waals surface area contributed by atoms with E-state index in [1.165, 1.54) is 0 Å². The van der Waals surface area contributed by atoms with Crippen LogP contribution in [0.2, 0.25) is 5.02 Å². The summed E-state index contributed by atoms with van der Waals surface area (Å²) in [5.74, 6) is -0.179. The van der Waals surface area contributed by atoms with Crippen molar-refractivity contribution in [3.8, 4) is 0 Å². The van der Waals surface area contributed by atoms with Crippen LogP contribution in [0.1, 0.15) is 38.3 Å². The molecule has 0 aromatic heterocycles. The van der Waals surface area contributed by atoms with Crippen molar-refractivity contribution in [3.05, 3.63) is 34.3 Å². The van der Waals surface area contributed by atoms with E-state index >= 15 is 0 Å². The molecule has 0 saturated heterocycles. The SMILES string of the molecule is CCOC(=O)CC(C)(C)NCc1ccc(C)c(Cl)c1. The lowest BCUT2D eigenvalue weighted by Crippen LogP contribution is -2.41. The van der Waals surface area contributed by atoms with Crippen molar-refractivity contribution in [2.45, 2.75) is 46.2 Å². The Morgan fingerprint density at radius 2 is 2.11 bits per heavy atom. The number of aryl methyl sites for hydroxylation is 1. The summed E-state index contributed by atoms with van der Waals surface area (Å²) in [6.45, 7) is 8.85. The third kappa shape index (κ3) is 5.62. The zero-order valence-electron chi connectivity index (χ0n) is 12.0. The summed E-state index contributed by atoms with van der Waals surface area (Å²) >= 11 is 6.09. The van der Waals surface area contributed by atoms with E-state index in [0.29, 0.717) is 19.6 Å². The lowest BCUT2D eigenvalue weighted by Gasteiger charge is -2.25. The van der Waals surface area contributed by atoms with Crippen molar-refractivity contribution in [1.29, 1.82) is 0 Å². The molecule has 1 aromatic rings. The van der Waals surface area contributed by atoms with Crippen LogP contribution in [0.3, 0.4) is 0 Å². The molecule has 0 saturated carbocycles. The number of carbonyl (C=O) groups excluding carboxylic acids is 1. The van der Waals surface area contributed by atoms with Gasteiger partial charge in [0.25, 0.3) is 0 Å². The first-order valence-corrected chi connectivity index (χ1v) is 6.87. The van der Waals surface area contributed by atoms with Gasteiger partial charge in [0.1, 0.15) is 0 Å². The number of halogens is 1. The van der Waals surface area contributed by atoms with Crippen LogP contribution in [0.15, 0.2) is 18.2 Å². The van der Waals surface area contributed by atoms with Crippen molar-refractivity contribution < 1.29 is 9.53 Å². The fourth-order valence-corrected chi connectivity index (χ4v) is 1.93. The molecule has 0 aliphatic heterocycles. The van der Waals surface area contributed by atoms with Crippen LogP contribution in [0.4, 0.5) is 0 Å². The highest BCUT2D eigenvalue weighted by molar-refractivity contribution is 6.31. The Balaban J connectivity index is 2.54. The minimum Gasteiger partial charge on any atom is -0.466 e. The summed E-state index contributed by atoms with van der Waals surface area (Å²) in [5, 5.41) is 4.12. The van der Waals surface area contributed by atoms with Gasteiger partial charge in [-0.2, -0.15) is 0 Å². The standard InChI is InChI=1S/C15H22ClNO2/c1-5-19-14(18)9-15(3,4)17-10-12-7-6-11(2)13(16)8-12/h6-8,17H,5,9-10H2,1-4H3. The Morgan fingerprint density at radius 1 is 1.42 bits per heavy atom. The fraction of sp³-hybridized carbons (Fsp3) is 0.533. The van der Waals surface area contributed by atoms with Gasteiger partial charge in [-0.1, -0.05) is 23.7 Å². The molecule has 0 unspecified atom stereocenters. The van der Waals surface area contributed by atoms with E-state index < -0.39 is 0 Å². The molecular weight excluding hydrogens is 262 g/mol. The third-order valence-corrected chi connectivity index (χ3v) is 3.31. The van der Waals surface area contributed by atoms with Crippen LogP contribution >= 0.6 is 11.6 Å². The number of benzene rings is 1. The average Bonchev–Trinajstić information content (AvgIpc) is 2.30. The largest absolute Gasteiger partial charge is 0.466 e. The molecule has 1 N–H and O–H groups in total. The highest BCUT2D eigenvalue weighted by Gasteiger charge is 2.22. The predicted molar refractivity (Wildman–Crippen MR) is 78.4 cm³/mol. The molecule has 0 aliphatic rings. The van der Waals surface area contributed by atoms with Gasteiger partial charge in [-0.05, 0) is 44.9 Å². The maximum absolute atomic E-state index is 11.5. The minimum atomic E-state index is -0.302. The van der Waals surface area contributed by atoms with Crippen molar-refractivity contribution in [2.75, 3.05) is 6.61 Å². The third-order valence-electron chi connectivity index (χ3n) is 2.90. The number of nitrogens with one attached hydrogen (secondary N) is 1. The zero-order chi connectivity index (χ0) is 14.5. The summed E-state index contributed by atoms with van der Waals surface area (Å²) in [6.07, 6.45) is 0.348. The molecule has 1 aromatic carbocycles. The quantitative estimate of drug-likeness (QED) is 0.813. The maximum atomic E-state index is 11.5. The van der Waals surface area contributed by atoms with Gasteiger partial charge in [0.2, 0.25) is 0 Å². The molecule has 0 heterocycles. The highest BCUT2D eigenvalue weighted by atomic mass is 35.5. The van der Waals surface area contributed by atoms with Crippen LogP contribution < -0.4 is 5.32 Å². The van der Waals surface area contributed by atoms with E-state index in [-0.39, 0.29) is 11.5 Å². The monoisotopic (exact) mass is 283 g/mol. The second kappa shape index (κ2) is 6.92. The van der Waals surface area contributed by atoms with Gasteiger partial charge in [-0.15, -0.1) is 0 Å². The first-order valence-electron chi connectivity index (χ1n) is 6.50. The number of esters is 1. The van der Waals surface area contributed by atoms with Crippen LogP contribution in [-0.2, 0) is 16.1 Å². The molecule has 3 nitrogen and oxygen atoms in total. The minimum absolute atomic E-state index is 0.179. The van der Waals surface area contributed by atoms with Crippen molar-refractivity contribution in [1.82, 2.24) is 5.32 Å². The first-order chi connectivity index (χ1) is 8.84. The summed E-state index contributed by atoms with van der Waals surface area (Å²) in [4.78, 5) is 11.5. The lowest BCUT2D eigenvalue weighted by molar-refractivity contribution is -0.144. The smallest absolute Gasteiger partial charge is 0.307 e. The van der Waals surface area contributed by atoms with Crippen LogP contribution in [0.25, 0.3) is 0 Å². The molecule has 4 heteroatoms. The average molecular weight is 284 g/mol. The van der Waals surface area contributed by atoms with Gasteiger partial charge in [0.05, 0.1) is 13.0 Å². The highest BCUT2D eigenvalue weighted by Crippen LogP contribution is 2.18. The second-order valence-electron chi connectivity index (χ2n) is 5.30. The Hall–Kier alpha value is -1.06. The van der Waals surface area contributed by atoms with E-state index in [2.05, 4.69) is 5.32 Å². The zero-order valence-corrected chi connectivity index (χ0v) is 12.8. The van der Waals surface area contributed by atoms with E-state index in [0.717, 1.165) is 16.1 Å². The molecule has 106 valence electrons. The Labute approximate surface area is 120 Å². The fourth-order valence-electron chi connectivity index (χ4n) is 1.72. The molecule has 0 aliphatic carbocycles. The Bertz CT molecular complexity index is 444. The molecular formula is C15H22ClNO2. The van der Waals surface area contributed by atoms with E-state index in [9.17, 15) is 4.79 Å². The predicted octanol–water partition coefficient (Wildman–Crippen LogP) is 3.47. The molecule has 0 bridgehead atoms. The number of rotatable bonds is 6. The second-order valence-corrected chi connectivity index (χ2v) is 5.71. The molecule has 0 fully saturated rings. The van der Waals surface area contributed by atoms with E-state index in [1.54, 1.807) is 0 Å². The van der Waals surface area contributed by atoms with Gasteiger partial charge in [-0.25, -0.2) is 0 Å². The van der Waals surface area contributed by atoms with E-state index in [4.69, 9.17) is 16.3 Å². The van der Waals surface area contributed by atoms with Gasteiger partial charge < -0.3 is 10.1 Å². The van der Waals surface area contributed by atoms with Gasteiger partial charge in [-0.3, -0.25) is 4.79 Å². The van der Waals surface area contributed by atoms with Gasteiger partial charge in [0.15, 0.2) is 0 Å². The molecule has 0 radical (unpaired) electrons. The number of carbonyl (C=O) groups is 1. The summed E-state index contributed by atoms with van der Waals surface area (Å²) in [5.41, 5.74) is 1.87. The lowest BCUT2D eigenvalue weighted by atomic mass is 10.00. The topological polar surface area (TPSA) is 38.3 Å². The summed E-state index contributed by atoms with van der Waals surface area (Å²) in [7, 11) is 0. The summed E-state index contributed by atoms with van der Waals surface area (Å²) < 4.78 is 4.96. The van der Waals surface area contributed by atoms with Crippen LogP contribution in [0, 0.1) is 6.92 Å². The number of hydrogen-bond donors (Lipinski definition) is 1. The molecule has 19 heavy (non-hydrogen) atoms. The van der Waals surface area contributed by atoms with Crippen molar-refractivity contribution >= 4 is 17.6 Å². The van der Waals surface area contributed by atoms with E-state index in [1.807, 2.05) is 45.9 Å². The first kappa shape index (κ1) is 16.0. The van der Waals surface area contributed by atoms with Crippen LogP contribution in [-0.4, -0.2) is 18.1 Å². The normalized spacial score (nSPS) is 11.4. The van der Waals surface area contributed by atoms with Crippen molar-refractivity contribution in [3.63, 3.8) is 0 Å². The molecule has 0 atom stereocenters.